The molecular formula is C35H39ClN4O4. The molecule has 0 bridgehead atoms. The van der Waals surface area contributed by atoms with Gasteiger partial charge in [-0.1, -0.05) is 42.5 Å². The van der Waals surface area contributed by atoms with Crippen molar-refractivity contribution in [1.82, 2.24) is 20.6 Å². The molecule has 4 aromatic rings. The first-order valence-electron chi connectivity index (χ1n) is 15.2. The molecule has 2 unspecified atom stereocenters. The Morgan fingerprint density at radius 2 is 1.75 bits per heavy atom. The normalized spacial score (nSPS) is 19.0. The van der Waals surface area contributed by atoms with Crippen molar-refractivity contribution >= 4 is 41.2 Å². The highest BCUT2D eigenvalue weighted by molar-refractivity contribution is 6.00. The van der Waals surface area contributed by atoms with Crippen molar-refractivity contribution < 1.29 is 19.1 Å². The first-order valence-corrected chi connectivity index (χ1v) is 15.2. The van der Waals surface area contributed by atoms with Gasteiger partial charge in [-0.2, -0.15) is 0 Å². The van der Waals surface area contributed by atoms with Gasteiger partial charge in [-0.3, -0.25) is 9.59 Å². The number of hydrogen-bond donors (Lipinski definition) is 3. The molecule has 8 nitrogen and oxygen atoms in total. The lowest BCUT2D eigenvalue weighted by atomic mass is 9.92. The van der Waals surface area contributed by atoms with Crippen LogP contribution in [0.25, 0.3) is 11.0 Å². The molecule has 6 rings (SSSR count). The van der Waals surface area contributed by atoms with Gasteiger partial charge in [0.1, 0.15) is 12.4 Å². The zero-order valence-corrected chi connectivity index (χ0v) is 25.9. The van der Waals surface area contributed by atoms with E-state index >= 15 is 0 Å². The number of carbonyl (C=O) groups is 3. The van der Waals surface area contributed by atoms with Crippen LogP contribution in [-0.4, -0.2) is 34.3 Å². The maximum Gasteiger partial charge on any atom is 0.407 e. The third kappa shape index (κ3) is 7.48. The molecule has 1 aromatic heterocycles. The molecule has 3 atom stereocenters. The first kappa shape index (κ1) is 31.3. The van der Waals surface area contributed by atoms with E-state index in [-0.39, 0.29) is 37.2 Å². The standard InChI is InChI=1S/C35H38N4O4.ClH/c1-21-8-11-29-31(14-21)38-33(37-29)30(12-13-36-35(42)43-20-23-6-4-3-5-7-23)39-34(41)25-9-10-28(22(2)15-25)32(40)18-24-16-26-19-27(26)17-24;/h3-11,14-15,24,26-27,30H,12-13,16-20H2,1-2H3,(H,36,42)(H,37,38)(H,39,41);1H/t24?,26?,27?,30-;/m0./s1. The molecule has 1 heterocycles. The number of aromatic nitrogens is 2. The lowest BCUT2D eigenvalue weighted by Gasteiger charge is -2.18. The number of nitrogens with one attached hydrogen (secondary N) is 3. The molecule has 44 heavy (non-hydrogen) atoms. The summed E-state index contributed by atoms with van der Waals surface area (Å²) in [6, 6.07) is 20.2. The Morgan fingerprint density at radius 1 is 0.977 bits per heavy atom. The highest BCUT2D eigenvalue weighted by Crippen LogP contribution is 2.55. The van der Waals surface area contributed by atoms with E-state index in [1.165, 1.54) is 19.3 Å². The highest BCUT2D eigenvalue weighted by Gasteiger charge is 2.46. The second kappa shape index (κ2) is 13.6. The summed E-state index contributed by atoms with van der Waals surface area (Å²) in [5.74, 6) is 2.69. The number of amides is 2. The van der Waals surface area contributed by atoms with Crippen LogP contribution in [-0.2, 0) is 11.3 Å². The molecule has 9 heteroatoms. The number of hydrogen-bond acceptors (Lipinski definition) is 5. The lowest BCUT2D eigenvalue weighted by molar-refractivity contribution is 0.0927. The van der Waals surface area contributed by atoms with Gasteiger partial charge < -0.3 is 20.4 Å². The number of fused-ring (bicyclic) bond motifs is 2. The van der Waals surface area contributed by atoms with Gasteiger partial charge in [-0.25, -0.2) is 9.78 Å². The van der Waals surface area contributed by atoms with E-state index in [1.54, 1.807) is 18.2 Å². The van der Waals surface area contributed by atoms with Crippen LogP contribution in [0.3, 0.4) is 0 Å². The van der Waals surface area contributed by atoms with Crippen LogP contribution in [0.2, 0.25) is 0 Å². The summed E-state index contributed by atoms with van der Waals surface area (Å²) in [5, 5.41) is 5.87. The van der Waals surface area contributed by atoms with Crippen molar-refractivity contribution in [2.24, 2.45) is 17.8 Å². The molecule has 2 aliphatic carbocycles. The predicted molar refractivity (Wildman–Crippen MR) is 172 cm³/mol. The van der Waals surface area contributed by atoms with Crippen molar-refractivity contribution in [3.05, 3.63) is 100 Å². The van der Waals surface area contributed by atoms with Crippen LogP contribution in [0.5, 0.6) is 0 Å². The summed E-state index contributed by atoms with van der Waals surface area (Å²) >= 11 is 0. The van der Waals surface area contributed by atoms with E-state index in [0.29, 0.717) is 35.7 Å². The number of Topliss-reactive ketones (excluding diaryl/α,β-unsaturated/α-hetero) is 1. The van der Waals surface area contributed by atoms with E-state index in [9.17, 15) is 14.4 Å². The van der Waals surface area contributed by atoms with Crippen LogP contribution in [0, 0.1) is 31.6 Å². The van der Waals surface area contributed by atoms with Gasteiger partial charge in [0, 0.05) is 24.1 Å². The fraction of sp³-hybridized carbons (Fsp3) is 0.371. The number of rotatable bonds is 11. The third-order valence-electron chi connectivity index (χ3n) is 8.81. The second-order valence-electron chi connectivity index (χ2n) is 12.2. The number of imidazole rings is 1. The molecular weight excluding hydrogens is 576 g/mol. The SMILES string of the molecule is Cc1ccc2nc([C@H](CCNC(=O)OCc3ccccc3)NC(=O)c3ccc(C(=O)CC4CC5CC5C4)c(C)c3)[nH]c2c1.Cl. The van der Waals surface area contributed by atoms with Gasteiger partial charge in [-0.15, -0.1) is 12.4 Å². The van der Waals surface area contributed by atoms with Gasteiger partial charge in [0.2, 0.25) is 0 Å². The molecule has 0 spiro atoms. The monoisotopic (exact) mass is 614 g/mol. The molecule has 230 valence electrons. The second-order valence-corrected chi connectivity index (χ2v) is 12.2. The van der Waals surface area contributed by atoms with Crippen LogP contribution in [0.15, 0.2) is 66.7 Å². The Bertz CT molecular complexity index is 1640. The number of nitrogens with zero attached hydrogens (tertiary/aromatic N) is 1. The molecule has 0 radical (unpaired) electrons. The quantitative estimate of drug-likeness (QED) is 0.157. The average Bonchev–Trinajstić information content (AvgIpc) is 3.39. The molecule has 3 N–H and O–H groups in total. The summed E-state index contributed by atoms with van der Waals surface area (Å²) in [6.07, 6.45) is 4.16. The molecule has 0 saturated heterocycles. The van der Waals surface area contributed by atoms with E-state index in [1.807, 2.05) is 62.4 Å². The number of alkyl carbamates (subject to hydrolysis) is 1. The van der Waals surface area contributed by atoms with Crippen molar-refractivity contribution in [3.8, 4) is 0 Å². The predicted octanol–water partition coefficient (Wildman–Crippen LogP) is 7.01. The average molecular weight is 615 g/mol. The fourth-order valence-corrected chi connectivity index (χ4v) is 6.42. The van der Waals surface area contributed by atoms with Crippen molar-refractivity contribution in [1.29, 1.82) is 0 Å². The minimum atomic E-state index is -0.528. The third-order valence-corrected chi connectivity index (χ3v) is 8.81. The molecule has 2 aliphatic rings. The number of carbonyl (C=O) groups excluding carboxylic acids is 3. The number of ether oxygens (including phenoxy) is 1. The van der Waals surface area contributed by atoms with Gasteiger partial charge in [0.05, 0.1) is 17.1 Å². The summed E-state index contributed by atoms with van der Waals surface area (Å²) in [7, 11) is 0. The Balaban J connectivity index is 0.00000384. The number of ketones is 1. The minimum absolute atomic E-state index is 0. The number of H-pyrrole nitrogens is 1. The van der Waals surface area contributed by atoms with E-state index in [4.69, 9.17) is 9.72 Å². The lowest BCUT2D eigenvalue weighted by Crippen LogP contribution is -2.33. The van der Waals surface area contributed by atoms with Gasteiger partial charge in [-0.05, 0) is 98.2 Å². The van der Waals surface area contributed by atoms with Gasteiger partial charge >= 0.3 is 6.09 Å². The molecule has 2 amide bonds. The van der Waals surface area contributed by atoms with Crippen molar-refractivity contribution in [2.75, 3.05) is 6.54 Å². The minimum Gasteiger partial charge on any atom is -0.445 e. The molecule has 2 saturated carbocycles. The van der Waals surface area contributed by atoms with E-state index in [2.05, 4.69) is 15.6 Å². The summed E-state index contributed by atoms with van der Waals surface area (Å²) in [6.45, 7) is 4.34. The largest absolute Gasteiger partial charge is 0.445 e. The summed E-state index contributed by atoms with van der Waals surface area (Å²) < 4.78 is 5.33. The number of aromatic amines is 1. The topological polar surface area (TPSA) is 113 Å². The Hall–Kier alpha value is -4.17. The molecule has 0 aliphatic heterocycles. The molecule has 2 fully saturated rings. The van der Waals surface area contributed by atoms with Crippen molar-refractivity contribution in [3.63, 3.8) is 0 Å². The summed E-state index contributed by atoms with van der Waals surface area (Å²) in [4.78, 5) is 46.9. The highest BCUT2D eigenvalue weighted by atomic mass is 35.5. The smallest absolute Gasteiger partial charge is 0.407 e. The first-order chi connectivity index (χ1) is 20.8. The van der Waals surface area contributed by atoms with E-state index in [0.717, 1.165) is 39.6 Å². The maximum atomic E-state index is 13.5. The Labute approximate surface area is 263 Å². The Morgan fingerprint density at radius 3 is 2.50 bits per heavy atom. The zero-order valence-electron chi connectivity index (χ0n) is 25.1. The Kier molecular flexibility index (Phi) is 9.69. The summed E-state index contributed by atoms with van der Waals surface area (Å²) in [5.41, 5.74) is 5.65. The van der Waals surface area contributed by atoms with Crippen LogP contribution in [0.4, 0.5) is 4.79 Å². The van der Waals surface area contributed by atoms with Crippen LogP contribution < -0.4 is 10.6 Å². The number of halogens is 1. The maximum absolute atomic E-state index is 13.5. The van der Waals surface area contributed by atoms with Gasteiger partial charge in [0.15, 0.2) is 5.78 Å². The molecule has 3 aromatic carbocycles. The van der Waals surface area contributed by atoms with E-state index < -0.39 is 12.1 Å². The fourth-order valence-electron chi connectivity index (χ4n) is 6.42. The van der Waals surface area contributed by atoms with Gasteiger partial charge in [0.25, 0.3) is 5.91 Å². The number of benzene rings is 3. The number of aryl methyl sites for hydroxylation is 2. The van der Waals surface area contributed by atoms with Crippen molar-refractivity contribution in [2.45, 2.75) is 58.6 Å². The zero-order chi connectivity index (χ0) is 29.9. The van der Waals surface area contributed by atoms with Crippen LogP contribution >= 0.6 is 12.4 Å². The van der Waals surface area contributed by atoms with Crippen LogP contribution in [0.1, 0.15) is 81.4 Å².